The number of aliphatic hydroxyl groups excluding tert-OH is 1. The molecule has 0 saturated carbocycles. The van der Waals surface area contributed by atoms with Crippen molar-refractivity contribution in [3.05, 3.63) is 29.3 Å². The number of hydrogen-bond donors (Lipinski definition) is 1. The van der Waals surface area contributed by atoms with Crippen LogP contribution in [0.5, 0.6) is 0 Å². The molecular weight excluding hydrogens is 262 g/mol. The average Bonchev–Trinajstić information content (AvgIpc) is 2.39. The summed E-state index contributed by atoms with van der Waals surface area (Å²) in [5, 5.41) is 9.12. The first kappa shape index (κ1) is 16.1. The first-order chi connectivity index (χ1) is 8.93. The predicted octanol–water partition coefficient (Wildman–Crippen LogP) is 2.30. The van der Waals surface area contributed by atoms with Crippen molar-refractivity contribution in [2.24, 2.45) is 0 Å². The Balaban J connectivity index is 2.99. The number of hydrogen-bond acceptors (Lipinski definition) is 3. The van der Waals surface area contributed by atoms with Crippen LogP contribution in [0.3, 0.4) is 0 Å². The van der Waals surface area contributed by atoms with Crippen LogP contribution in [-0.2, 0) is 16.6 Å². The molecule has 0 aliphatic rings. The molecule has 0 aliphatic carbocycles. The molecule has 5 heteroatoms. The van der Waals surface area contributed by atoms with Crippen LogP contribution in [0.1, 0.15) is 37.3 Å². The highest BCUT2D eigenvalue weighted by Gasteiger charge is 2.22. The third kappa shape index (κ3) is 4.03. The number of unbranched alkanes of at least 4 members (excludes halogenated alkanes) is 2. The van der Waals surface area contributed by atoms with E-state index < -0.39 is 10.0 Å². The van der Waals surface area contributed by atoms with Gasteiger partial charge in [0, 0.05) is 13.6 Å². The summed E-state index contributed by atoms with van der Waals surface area (Å²) in [6.45, 7) is 4.23. The number of benzene rings is 1. The second kappa shape index (κ2) is 7.03. The van der Waals surface area contributed by atoms with E-state index in [0.717, 1.165) is 19.3 Å². The normalized spacial score (nSPS) is 12.1. The van der Waals surface area contributed by atoms with E-state index in [0.29, 0.717) is 17.7 Å². The number of aryl methyl sites for hydroxylation is 1. The van der Waals surface area contributed by atoms with E-state index in [4.69, 9.17) is 5.11 Å². The van der Waals surface area contributed by atoms with Gasteiger partial charge in [0.25, 0.3) is 0 Å². The molecule has 0 aromatic heterocycles. The SMILES string of the molecule is CCCCCN(C)S(=O)(=O)c1cc(CO)ccc1C. The molecule has 0 fully saturated rings. The second-order valence-corrected chi connectivity index (χ2v) is 6.80. The number of sulfonamides is 1. The maximum absolute atomic E-state index is 12.5. The third-order valence-electron chi connectivity index (χ3n) is 3.20. The third-order valence-corrected chi connectivity index (χ3v) is 5.20. The molecule has 0 unspecified atom stereocenters. The van der Waals surface area contributed by atoms with Crippen LogP contribution in [0.4, 0.5) is 0 Å². The van der Waals surface area contributed by atoms with Crippen molar-refractivity contribution >= 4 is 10.0 Å². The molecule has 19 heavy (non-hydrogen) atoms. The number of aliphatic hydroxyl groups is 1. The topological polar surface area (TPSA) is 57.6 Å². The summed E-state index contributed by atoms with van der Waals surface area (Å²) < 4.78 is 26.3. The molecule has 0 radical (unpaired) electrons. The maximum Gasteiger partial charge on any atom is 0.243 e. The van der Waals surface area contributed by atoms with Crippen LogP contribution in [0.25, 0.3) is 0 Å². The van der Waals surface area contributed by atoms with Gasteiger partial charge in [-0.2, -0.15) is 0 Å². The Labute approximate surface area is 116 Å². The van der Waals surface area contributed by atoms with Crippen LogP contribution in [0.15, 0.2) is 23.1 Å². The van der Waals surface area contributed by atoms with E-state index in [9.17, 15) is 8.42 Å². The second-order valence-electron chi connectivity index (χ2n) is 4.79. The van der Waals surface area contributed by atoms with E-state index >= 15 is 0 Å². The molecule has 0 heterocycles. The van der Waals surface area contributed by atoms with Crippen molar-refractivity contribution in [3.8, 4) is 0 Å². The first-order valence-corrected chi connectivity index (χ1v) is 8.04. The Hall–Kier alpha value is -0.910. The highest BCUT2D eigenvalue weighted by Crippen LogP contribution is 2.21. The molecule has 0 bridgehead atoms. The summed E-state index contributed by atoms with van der Waals surface area (Å²) in [5.74, 6) is 0. The maximum atomic E-state index is 12.5. The van der Waals surface area contributed by atoms with Gasteiger partial charge in [-0.3, -0.25) is 0 Å². The van der Waals surface area contributed by atoms with E-state index in [1.54, 1.807) is 32.2 Å². The summed E-state index contributed by atoms with van der Waals surface area (Å²) in [4.78, 5) is 0.290. The van der Waals surface area contributed by atoms with Gasteiger partial charge in [0.15, 0.2) is 0 Å². The zero-order valence-corrected chi connectivity index (χ0v) is 12.7. The average molecular weight is 285 g/mol. The van der Waals surface area contributed by atoms with Gasteiger partial charge in [0.1, 0.15) is 0 Å². The lowest BCUT2D eigenvalue weighted by atomic mass is 10.2. The van der Waals surface area contributed by atoms with E-state index in [-0.39, 0.29) is 11.5 Å². The number of rotatable bonds is 7. The lowest BCUT2D eigenvalue weighted by molar-refractivity contribution is 0.281. The molecule has 0 spiro atoms. The van der Waals surface area contributed by atoms with Gasteiger partial charge in [-0.1, -0.05) is 31.9 Å². The molecule has 1 aromatic rings. The quantitative estimate of drug-likeness (QED) is 0.782. The lowest BCUT2D eigenvalue weighted by Crippen LogP contribution is -2.28. The Morgan fingerprint density at radius 2 is 1.95 bits per heavy atom. The number of nitrogens with zero attached hydrogens (tertiary/aromatic N) is 1. The predicted molar refractivity (Wildman–Crippen MR) is 76.4 cm³/mol. The Kier molecular flexibility index (Phi) is 5.97. The van der Waals surface area contributed by atoms with Crippen molar-refractivity contribution in [1.29, 1.82) is 0 Å². The largest absolute Gasteiger partial charge is 0.392 e. The van der Waals surface area contributed by atoms with Crippen LogP contribution < -0.4 is 0 Å². The van der Waals surface area contributed by atoms with E-state index in [2.05, 4.69) is 6.92 Å². The van der Waals surface area contributed by atoms with Crippen molar-refractivity contribution in [3.63, 3.8) is 0 Å². The first-order valence-electron chi connectivity index (χ1n) is 6.60. The molecular formula is C14H23NO3S. The van der Waals surface area contributed by atoms with Gasteiger partial charge < -0.3 is 5.11 Å². The smallest absolute Gasteiger partial charge is 0.243 e. The molecule has 0 saturated heterocycles. The lowest BCUT2D eigenvalue weighted by Gasteiger charge is -2.19. The molecule has 0 aliphatic heterocycles. The minimum absolute atomic E-state index is 0.150. The molecule has 0 amide bonds. The van der Waals surface area contributed by atoms with Crippen LogP contribution in [0, 0.1) is 6.92 Å². The van der Waals surface area contributed by atoms with Crippen LogP contribution >= 0.6 is 0 Å². The highest BCUT2D eigenvalue weighted by molar-refractivity contribution is 7.89. The van der Waals surface area contributed by atoms with E-state index in [1.807, 2.05) is 0 Å². The van der Waals surface area contributed by atoms with Crippen LogP contribution in [0.2, 0.25) is 0 Å². The van der Waals surface area contributed by atoms with Crippen molar-refractivity contribution in [2.45, 2.75) is 44.6 Å². The summed E-state index contributed by atoms with van der Waals surface area (Å²) >= 11 is 0. The summed E-state index contributed by atoms with van der Waals surface area (Å²) in [5.41, 5.74) is 1.32. The zero-order chi connectivity index (χ0) is 14.5. The van der Waals surface area contributed by atoms with Gasteiger partial charge in [0.2, 0.25) is 10.0 Å². The van der Waals surface area contributed by atoms with Gasteiger partial charge in [0.05, 0.1) is 11.5 Å². The highest BCUT2D eigenvalue weighted by atomic mass is 32.2. The Morgan fingerprint density at radius 1 is 1.26 bits per heavy atom. The van der Waals surface area contributed by atoms with Gasteiger partial charge in [-0.15, -0.1) is 0 Å². The molecule has 4 nitrogen and oxygen atoms in total. The summed E-state index contributed by atoms with van der Waals surface area (Å²) in [7, 11) is -1.85. The van der Waals surface area contributed by atoms with E-state index in [1.165, 1.54) is 4.31 Å². The fourth-order valence-corrected chi connectivity index (χ4v) is 3.37. The van der Waals surface area contributed by atoms with Gasteiger partial charge >= 0.3 is 0 Å². The fourth-order valence-electron chi connectivity index (χ4n) is 1.89. The minimum atomic E-state index is -3.46. The fraction of sp³-hybridized carbons (Fsp3) is 0.571. The van der Waals surface area contributed by atoms with Gasteiger partial charge in [-0.25, -0.2) is 12.7 Å². The molecule has 1 N–H and O–H groups in total. The summed E-state index contributed by atoms with van der Waals surface area (Å²) in [6, 6.07) is 5.03. The minimum Gasteiger partial charge on any atom is -0.392 e. The van der Waals surface area contributed by atoms with Crippen molar-refractivity contribution in [2.75, 3.05) is 13.6 Å². The van der Waals surface area contributed by atoms with Crippen LogP contribution in [-0.4, -0.2) is 31.4 Å². The van der Waals surface area contributed by atoms with Crippen molar-refractivity contribution < 1.29 is 13.5 Å². The van der Waals surface area contributed by atoms with Gasteiger partial charge in [-0.05, 0) is 30.5 Å². The monoisotopic (exact) mass is 285 g/mol. The Morgan fingerprint density at radius 3 is 2.53 bits per heavy atom. The van der Waals surface area contributed by atoms with Crippen molar-refractivity contribution in [1.82, 2.24) is 4.31 Å². The molecule has 1 rings (SSSR count). The molecule has 0 atom stereocenters. The molecule has 108 valence electrons. The standard InChI is InChI=1S/C14H23NO3S/c1-4-5-6-9-15(3)19(17,18)14-10-13(11-16)8-7-12(14)2/h7-8,10,16H,4-6,9,11H2,1-3H3. The zero-order valence-electron chi connectivity index (χ0n) is 11.9. The Bertz CT molecular complexity index is 511. The molecule has 1 aromatic carbocycles. The summed E-state index contributed by atoms with van der Waals surface area (Å²) in [6.07, 6.45) is 2.95.